The predicted octanol–water partition coefficient (Wildman–Crippen LogP) is 6.06. The van der Waals surface area contributed by atoms with Crippen LogP contribution in [0.25, 0.3) is 22.2 Å². The number of aryl methyl sites for hydroxylation is 2. The van der Waals surface area contributed by atoms with Gasteiger partial charge >= 0.3 is 0 Å². The zero-order valence-corrected chi connectivity index (χ0v) is 17.1. The van der Waals surface area contributed by atoms with Crippen LogP contribution in [0.4, 0.5) is 0 Å². The van der Waals surface area contributed by atoms with Crippen LogP contribution in [0.1, 0.15) is 43.7 Å². The highest BCUT2D eigenvalue weighted by molar-refractivity contribution is 14.1. The third kappa shape index (κ3) is 4.26. The standard InChI is InChI=1S/C22H27IN2/c1-2-3-8-16-12-13-21-19(15-16)17(9-6-7-14-24)22(25-21)18-10-4-5-11-20(18)23/h4-5,10-13,15,25H,2-3,6-9,14,24H2,1H3. The number of hydrogen-bond acceptors (Lipinski definition) is 1. The van der Waals surface area contributed by atoms with E-state index in [9.17, 15) is 0 Å². The summed E-state index contributed by atoms with van der Waals surface area (Å²) in [5.41, 5.74) is 12.5. The summed E-state index contributed by atoms with van der Waals surface area (Å²) in [6, 6.07) is 15.6. The molecule has 3 N–H and O–H groups in total. The molecule has 3 aromatic rings. The van der Waals surface area contributed by atoms with Gasteiger partial charge in [0.05, 0.1) is 5.69 Å². The van der Waals surface area contributed by atoms with Gasteiger partial charge in [-0.05, 0) is 90.6 Å². The first-order valence-electron chi connectivity index (χ1n) is 9.33. The highest BCUT2D eigenvalue weighted by Gasteiger charge is 2.15. The Morgan fingerprint density at radius 3 is 2.60 bits per heavy atom. The van der Waals surface area contributed by atoms with E-state index in [1.165, 1.54) is 49.7 Å². The number of nitrogens with one attached hydrogen (secondary N) is 1. The van der Waals surface area contributed by atoms with Gasteiger partial charge in [0, 0.05) is 20.0 Å². The van der Waals surface area contributed by atoms with E-state index >= 15 is 0 Å². The van der Waals surface area contributed by atoms with Gasteiger partial charge in [0.2, 0.25) is 0 Å². The monoisotopic (exact) mass is 446 g/mol. The number of hydrogen-bond donors (Lipinski definition) is 2. The van der Waals surface area contributed by atoms with Gasteiger partial charge in [-0.3, -0.25) is 0 Å². The molecule has 0 aliphatic heterocycles. The Kier molecular flexibility index (Phi) is 6.54. The van der Waals surface area contributed by atoms with E-state index in [4.69, 9.17) is 5.73 Å². The molecule has 0 aliphatic rings. The summed E-state index contributed by atoms with van der Waals surface area (Å²) in [6.07, 6.45) is 6.95. The molecule has 0 saturated carbocycles. The van der Waals surface area contributed by atoms with Gasteiger partial charge in [-0.25, -0.2) is 0 Å². The fourth-order valence-electron chi connectivity index (χ4n) is 3.43. The van der Waals surface area contributed by atoms with Crippen LogP contribution in [-0.4, -0.2) is 11.5 Å². The maximum Gasteiger partial charge on any atom is 0.0508 e. The molecule has 0 saturated heterocycles. The molecule has 0 aliphatic carbocycles. The quantitative estimate of drug-likeness (QED) is 0.320. The molecule has 0 spiro atoms. The van der Waals surface area contributed by atoms with Crippen molar-refractivity contribution in [3.05, 3.63) is 57.2 Å². The second kappa shape index (κ2) is 8.86. The van der Waals surface area contributed by atoms with Crippen LogP contribution in [0.15, 0.2) is 42.5 Å². The van der Waals surface area contributed by atoms with Crippen molar-refractivity contribution >= 4 is 33.5 Å². The van der Waals surface area contributed by atoms with Gasteiger partial charge in [0.15, 0.2) is 0 Å². The number of nitrogens with two attached hydrogens (primary N) is 1. The van der Waals surface area contributed by atoms with Crippen molar-refractivity contribution in [2.75, 3.05) is 6.54 Å². The molecular weight excluding hydrogens is 419 g/mol. The molecule has 0 amide bonds. The summed E-state index contributed by atoms with van der Waals surface area (Å²) in [4.78, 5) is 3.70. The smallest absolute Gasteiger partial charge is 0.0508 e. The molecule has 3 rings (SSSR count). The molecule has 0 fully saturated rings. The van der Waals surface area contributed by atoms with Crippen molar-refractivity contribution in [3.63, 3.8) is 0 Å². The molecule has 1 aromatic heterocycles. The minimum Gasteiger partial charge on any atom is -0.354 e. The normalized spacial score (nSPS) is 11.3. The summed E-state index contributed by atoms with van der Waals surface area (Å²) in [7, 11) is 0. The second-order valence-electron chi connectivity index (χ2n) is 6.69. The number of aromatic nitrogens is 1. The van der Waals surface area contributed by atoms with Crippen LogP contribution in [0, 0.1) is 3.57 Å². The molecule has 25 heavy (non-hydrogen) atoms. The van der Waals surface area contributed by atoms with Crippen LogP contribution in [-0.2, 0) is 12.8 Å². The van der Waals surface area contributed by atoms with E-state index in [-0.39, 0.29) is 0 Å². The lowest BCUT2D eigenvalue weighted by molar-refractivity contribution is 0.748. The van der Waals surface area contributed by atoms with Crippen molar-refractivity contribution < 1.29 is 0 Å². The zero-order chi connectivity index (χ0) is 17.6. The molecule has 1 heterocycles. The first kappa shape index (κ1) is 18.5. The summed E-state index contributed by atoms with van der Waals surface area (Å²) in [5, 5.41) is 1.39. The van der Waals surface area contributed by atoms with E-state index in [1.54, 1.807) is 0 Å². The third-order valence-electron chi connectivity index (χ3n) is 4.81. The van der Waals surface area contributed by atoms with Crippen LogP contribution < -0.4 is 5.73 Å². The molecular formula is C22H27IN2. The number of unbranched alkanes of at least 4 members (excludes halogenated alkanes) is 2. The van der Waals surface area contributed by atoms with Gasteiger partial charge in [-0.1, -0.05) is 37.6 Å². The van der Waals surface area contributed by atoms with Crippen molar-refractivity contribution in [2.45, 2.75) is 45.4 Å². The first-order valence-corrected chi connectivity index (χ1v) is 10.4. The molecule has 2 aromatic carbocycles. The Bertz CT molecular complexity index is 835. The number of benzene rings is 2. The molecule has 0 unspecified atom stereocenters. The lowest BCUT2D eigenvalue weighted by atomic mass is 9.98. The zero-order valence-electron chi connectivity index (χ0n) is 14.9. The van der Waals surface area contributed by atoms with Crippen LogP contribution in [0.3, 0.4) is 0 Å². The van der Waals surface area contributed by atoms with Crippen LogP contribution in [0.5, 0.6) is 0 Å². The van der Waals surface area contributed by atoms with Gasteiger partial charge in [-0.2, -0.15) is 0 Å². The number of halogens is 1. The average Bonchev–Trinajstić information content (AvgIpc) is 2.98. The van der Waals surface area contributed by atoms with Crippen molar-refractivity contribution in [2.24, 2.45) is 5.73 Å². The highest BCUT2D eigenvalue weighted by Crippen LogP contribution is 2.34. The number of H-pyrrole nitrogens is 1. The largest absolute Gasteiger partial charge is 0.354 e. The number of fused-ring (bicyclic) bond motifs is 1. The average molecular weight is 446 g/mol. The fraction of sp³-hybridized carbons (Fsp3) is 0.364. The van der Waals surface area contributed by atoms with E-state index in [0.29, 0.717) is 0 Å². The molecule has 132 valence electrons. The predicted molar refractivity (Wildman–Crippen MR) is 117 cm³/mol. The van der Waals surface area contributed by atoms with Gasteiger partial charge in [-0.15, -0.1) is 0 Å². The maximum atomic E-state index is 5.72. The Hall–Kier alpha value is -1.33. The number of rotatable bonds is 8. The Labute approximate surface area is 164 Å². The van der Waals surface area contributed by atoms with E-state index < -0.39 is 0 Å². The minimum atomic E-state index is 0.766. The maximum absolute atomic E-state index is 5.72. The molecule has 0 bridgehead atoms. The van der Waals surface area contributed by atoms with Gasteiger partial charge < -0.3 is 10.7 Å². The lowest BCUT2D eigenvalue weighted by Crippen LogP contribution is -1.99. The summed E-state index contributed by atoms with van der Waals surface area (Å²) < 4.78 is 1.29. The SMILES string of the molecule is CCCCc1ccc2[nH]c(-c3ccccc3I)c(CCCCN)c2c1. The number of aromatic amines is 1. The molecule has 2 nitrogen and oxygen atoms in total. The Morgan fingerprint density at radius 1 is 1.00 bits per heavy atom. The summed E-state index contributed by atoms with van der Waals surface area (Å²) in [5.74, 6) is 0. The van der Waals surface area contributed by atoms with Crippen molar-refractivity contribution in [1.82, 2.24) is 4.98 Å². The van der Waals surface area contributed by atoms with Crippen molar-refractivity contribution in [1.29, 1.82) is 0 Å². The molecule has 3 heteroatoms. The third-order valence-corrected chi connectivity index (χ3v) is 5.75. The highest BCUT2D eigenvalue weighted by atomic mass is 127. The Morgan fingerprint density at radius 2 is 1.84 bits per heavy atom. The first-order chi connectivity index (χ1) is 12.2. The van der Waals surface area contributed by atoms with E-state index in [2.05, 4.69) is 77.0 Å². The van der Waals surface area contributed by atoms with E-state index in [0.717, 1.165) is 32.2 Å². The summed E-state index contributed by atoms with van der Waals surface area (Å²) in [6.45, 7) is 3.02. The fourth-order valence-corrected chi connectivity index (χ4v) is 4.09. The van der Waals surface area contributed by atoms with Gasteiger partial charge in [0.25, 0.3) is 0 Å². The topological polar surface area (TPSA) is 41.8 Å². The minimum absolute atomic E-state index is 0.766. The lowest BCUT2D eigenvalue weighted by Gasteiger charge is -2.07. The molecule has 0 radical (unpaired) electrons. The van der Waals surface area contributed by atoms with Gasteiger partial charge in [0.1, 0.15) is 0 Å². The van der Waals surface area contributed by atoms with Crippen molar-refractivity contribution in [3.8, 4) is 11.3 Å². The van der Waals surface area contributed by atoms with E-state index in [1.807, 2.05) is 0 Å². The molecule has 0 atom stereocenters. The van der Waals surface area contributed by atoms with Crippen LogP contribution in [0.2, 0.25) is 0 Å². The summed E-state index contributed by atoms with van der Waals surface area (Å²) >= 11 is 2.44. The second-order valence-corrected chi connectivity index (χ2v) is 7.85. The Balaban J connectivity index is 2.08. The van der Waals surface area contributed by atoms with Crippen LogP contribution >= 0.6 is 22.6 Å².